The highest BCUT2D eigenvalue weighted by Crippen LogP contribution is 2.56. The van der Waals surface area contributed by atoms with Crippen molar-refractivity contribution in [1.29, 1.82) is 0 Å². The first-order valence-corrected chi connectivity index (χ1v) is 25.3. The van der Waals surface area contributed by atoms with Crippen molar-refractivity contribution in [2.45, 2.75) is 77.6 Å². The van der Waals surface area contributed by atoms with E-state index >= 15 is 0 Å². The number of hydrogen-bond donors (Lipinski definition) is 0. The maximum Gasteiger partial charge on any atom is 0.333 e. The lowest BCUT2D eigenvalue weighted by Gasteiger charge is -2.42. The van der Waals surface area contributed by atoms with Gasteiger partial charge in [-0.05, 0) is 117 Å². The summed E-state index contributed by atoms with van der Waals surface area (Å²) >= 11 is 3.89. The largest absolute Gasteiger partial charge is 0.456 e. The summed E-state index contributed by atoms with van der Waals surface area (Å²) < 4.78 is 14.9. The number of fused-ring (bicyclic) bond motifs is 20. The van der Waals surface area contributed by atoms with Gasteiger partial charge in [0.1, 0.15) is 11.2 Å². The van der Waals surface area contributed by atoms with E-state index in [0.29, 0.717) is 0 Å². The van der Waals surface area contributed by atoms with Crippen LogP contribution in [0, 0.1) is 0 Å². The van der Waals surface area contributed by atoms with Crippen LogP contribution in [-0.4, -0.2) is 11.4 Å². The van der Waals surface area contributed by atoms with E-state index in [1.165, 1.54) is 131 Å². The molecule has 2 aliphatic heterocycles. The van der Waals surface area contributed by atoms with Crippen molar-refractivity contribution in [2.75, 3.05) is 4.81 Å². The standard InChI is InChI=1S/C60H47BN2OS2/c1-58(2,3)32-20-22-33(23-21-32)63-45-31-51-38(35-15-9-12-18-49(35)65-51)26-39(45)52-53-36-16-10-13-19-50(36)66-57(53)54-40-27-41-42(60(6,7)25-24-59(41,4)5)29-44(40)62-46-30-48-37(34-14-8-11-17-47(34)64-48)28-43(46)61(63)55(52)56(54)62/h8-23,26-31H,24-25H2,1-7H3. The van der Waals surface area contributed by atoms with Gasteiger partial charge < -0.3 is 13.8 Å². The molecule has 0 amide bonds. The minimum absolute atomic E-state index is 0.0283. The first-order chi connectivity index (χ1) is 31.8. The van der Waals surface area contributed by atoms with Crippen LogP contribution in [0.4, 0.5) is 11.4 Å². The lowest BCUT2D eigenvalue weighted by atomic mass is 9.43. The Morgan fingerprint density at radius 2 is 1.26 bits per heavy atom. The topological polar surface area (TPSA) is 21.3 Å². The average molecular weight is 887 g/mol. The second-order valence-electron chi connectivity index (χ2n) is 21.9. The third-order valence-corrected chi connectivity index (χ3v) is 18.5. The van der Waals surface area contributed by atoms with E-state index in [9.17, 15) is 0 Å². The lowest BCUT2D eigenvalue weighted by Crippen LogP contribution is -2.60. The van der Waals surface area contributed by atoms with Crippen molar-refractivity contribution in [3.63, 3.8) is 0 Å². The molecule has 66 heavy (non-hydrogen) atoms. The van der Waals surface area contributed by atoms with Crippen molar-refractivity contribution in [2.24, 2.45) is 0 Å². The number of furan rings is 1. The van der Waals surface area contributed by atoms with Gasteiger partial charge in [-0.25, -0.2) is 0 Å². The molecule has 0 fully saturated rings. The highest BCUT2D eigenvalue weighted by atomic mass is 32.1. The van der Waals surface area contributed by atoms with Crippen molar-refractivity contribution >= 4 is 136 Å². The smallest absolute Gasteiger partial charge is 0.333 e. The third kappa shape index (κ3) is 4.74. The maximum absolute atomic E-state index is 6.82. The number of thiophene rings is 2. The molecule has 1 aliphatic carbocycles. The van der Waals surface area contributed by atoms with Gasteiger partial charge in [0.15, 0.2) is 0 Å². The molecule has 3 nitrogen and oxygen atoms in total. The van der Waals surface area contributed by atoms with Crippen LogP contribution in [0.3, 0.4) is 0 Å². The fourth-order valence-corrected chi connectivity index (χ4v) is 15.1. The molecule has 6 heteroatoms. The van der Waals surface area contributed by atoms with Crippen LogP contribution >= 0.6 is 22.7 Å². The summed E-state index contributed by atoms with van der Waals surface area (Å²) in [4.78, 5) is 2.72. The Balaban J connectivity index is 1.21. The quantitative estimate of drug-likeness (QED) is 0.153. The Hall–Kier alpha value is -6.34. The SMILES string of the molecule is CC(C)(C)c1ccc(N2B3c4cc5c(cc4-n4c6cc7c(cc6c6c8sc9ccccc9c8c(c3c64)-c3cc4c(cc32)sc2ccccc24)C(C)(C)CCC7(C)C)oc2ccccc25)cc1. The molecule has 12 aromatic rings. The van der Waals surface area contributed by atoms with E-state index in [2.05, 4.69) is 191 Å². The molecule has 0 saturated heterocycles. The summed E-state index contributed by atoms with van der Waals surface area (Å²) in [7, 11) is 0. The van der Waals surface area contributed by atoms with Gasteiger partial charge in [-0.15, -0.1) is 22.7 Å². The number of nitrogens with zero attached hydrogens (tertiary/aromatic N) is 2. The van der Waals surface area contributed by atoms with E-state index in [1.807, 2.05) is 22.7 Å². The molecule has 0 radical (unpaired) electrons. The van der Waals surface area contributed by atoms with Crippen molar-refractivity contribution in [3.05, 3.63) is 150 Å². The molecule has 3 aliphatic rings. The Kier molecular flexibility index (Phi) is 7.08. The number of anilines is 2. The predicted octanol–water partition coefficient (Wildman–Crippen LogP) is 16.3. The van der Waals surface area contributed by atoms with Gasteiger partial charge in [-0.2, -0.15) is 0 Å². The number of hydrogen-bond acceptors (Lipinski definition) is 4. The molecule has 0 unspecified atom stereocenters. The van der Waals surface area contributed by atoms with Crippen LogP contribution < -0.4 is 15.7 Å². The normalized spacial score (nSPS) is 16.2. The van der Waals surface area contributed by atoms with Crippen LogP contribution in [-0.2, 0) is 16.2 Å². The van der Waals surface area contributed by atoms with Crippen molar-refractivity contribution in [1.82, 2.24) is 4.57 Å². The zero-order valence-corrected chi connectivity index (χ0v) is 39.9. The molecule has 6 heterocycles. The summed E-state index contributed by atoms with van der Waals surface area (Å²) in [5, 5.41) is 10.5. The zero-order chi connectivity index (χ0) is 44.3. The summed E-state index contributed by atoms with van der Waals surface area (Å²) in [5.74, 6) is 0. The number of benzene rings is 8. The summed E-state index contributed by atoms with van der Waals surface area (Å²) in [5.41, 5.74) is 18.0. The van der Waals surface area contributed by atoms with Gasteiger partial charge in [0.05, 0.1) is 11.0 Å². The van der Waals surface area contributed by atoms with E-state index in [4.69, 9.17) is 4.42 Å². The lowest BCUT2D eigenvalue weighted by molar-refractivity contribution is 0.332. The molecule has 0 atom stereocenters. The van der Waals surface area contributed by atoms with Crippen LogP contribution in [0.5, 0.6) is 0 Å². The van der Waals surface area contributed by atoms with E-state index in [1.54, 1.807) is 0 Å². The van der Waals surface area contributed by atoms with Gasteiger partial charge in [0.2, 0.25) is 0 Å². The van der Waals surface area contributed by atoms with Gasteiger partial charge in [-0.1, -0.05) is 121 Å². The molecule has 0 saturated carbocycles. The minimum Gasteiger partial charge on any atom is -0.456 e. The van der Waals surface area contributed by atoms with E-state index in [-0.39, 0.29) is 23.1 Å². The molecule has 0 spiro atoms. The first-order valence-electron chi connectivity index (χ1n) is 23.7. The zero-order valence-electron chi connectivity index (χ0n) is 38.3. The molecule has 8 aromatic carbocycles. The van der Waals surface area contributed by atoms with Crippen molar-refractivity contribution < 1.29 is 4.42 Å². The van der Waals surface area contributed by atoms with E-state index < -0.39 is 0 Å². The van der Waals surface area contributed by atoms with Crippen molar-refractivity contribution in [3.8, 4) is 16.8 Å². The molecule has 0 bridgehead atoms. The molecule has 0 N–H and O–H groups in total. The van der Waals surface area contributed by atoms with Gasteiger partial charge in [0, 0.05) is 90.6 Å². The minimum atomic E-state index is -0.127. The van der Waals surface area contributed by atoms with Crippen LogP contribution in [0.2, 0.25) is 0 Å². The molecule has 4 aromatic heterocycles. The summed E-state index contributed by atoms with van der Waals surface area (Å²) in [6.07, 6.45) is 2.34. The van der Waals surface area contributed by atoms with E-state index in [0.717, 1.165) is 21.9 Å². The summed E-state index contributed by atoms with van der Waals surface area (Å²) in [6, 6.07) is 51.6. The number of para-hydroxylation sites is 1. The van der Waals surface area contributed by atoms with Crippen LogP contribution in [0.15, 0.2) is 138 Å². The third-order valence-electron chi connectivity index (χ3n) is 16.2. The Morgan fingerprint density at radius 3 is 2.02 bits per heavy atom. The predicted molar refractivity (Wildman–Crippen MR) is 287 cm³/mol. The van der Waals surface area contributed by atoms with Crippen LogP contribution in [0.1, 0.15) is 78.0 Å². The number of rotatable bonds is 1. The highest BCUT2D eigenvalue weighted by molar-refractivity contribution is 7.27. The second kappa shape index (κ2) is 12.4. The Bertz CT molecular complexity index is 4170. The Labute approximate surface area is 392 Å². The maximum atomic E-state index is 6.82. The molecule has 318 valence electrons. The second-order valence-corrected chi connectivity index (χ2v) is 24.0. The fourth-order valence-electron chi connectivity index (χ4n) is 12.7. The molecular weight excluding hydrogens is 840 g/mol. The molecule has 15 rings (SSSR count). The average Bonchev–Trinajstić information content (AvgIpc) is 4.07. The fraction of sp³-hybridized carbons (Fsp3) is 0.200. The Morgan fingerprint density at radius 1 is 0.576 bits per heavy atom. The van der Waals surface area contributed by atoms with Gasteiger partial charge in [-0.3, -0.25) is 0 Å². The highest BCUT2D eigenvalue weighted by Gasteiger charge is 2.47. The number of aromatic nitrogens is 1. The summed E-state index contributed by atoms with van der Waals surface area (Å²) in [6.45, 7) is 16.7. The van der Waals surface area contributed by atoms with Gasteiger partial charge >= 0.3 is 6.85 Å². The van der Waals surface area contributed by atoms with Crippen LogP contribution in [0.25, 0.3) is 101 Å². The van der Waals surface area contributed by atoms with Gasteiger partial charge in [0.25, 0.3) is 0 Å². The monoisotopic (exact) mass is 886 g/mol. The first kappa shape index (κ1) is 37.8. The molecular formula is C60H47BN2OS2.